The molecule has 2 aromatic heterocycles. The molecule has 0 aliphatic carbocycles. The number of thiophene rings is 1. The molecule has 0 aliphatic heterocycles. The van der Waals surface area contributed by atoms with E-state index in [9.17, 15) is 0 Å². The van der Waals surface area contributed by atoms with Gasteiger partial charge in [-0.15, -0.1) is 16.4 Å². The second-order valence-corrected chi connectivity index (χ2v) is 6.67. The van der Waals surface area contributed by atoms with Crippen molar-refractivity contribution in [3.63, 3.8) is 0 Å². The van der Waals surface area contributed by atoms with E-state index in [1.165, 1.54) is 16.0 Å². The molecular formula is C16H18N3OS2+. The largest absolute Gasteiger partial charge is 0.408 e. The summed E-state index contributed by atoms with van der Waals surface area (Å²) in [5, 5.41) is 6.49. The van der Waals surface area contributed by atoms with Crippen LogP contribution in [0, 0.1) is 11.8 Å². The fraction of sp³-hybridized carbons (Fsp3) is 0.250. The highest BCUT2D eigenvalue weighted by molar-refractivity contribution is 7.71. The van der Waals surface area contributed by atoms with Crippen molar-refractivity contribution in [3.8, 4) is 10.8 Å². The van der Waals surface area contributed by atoms with Crippen LogP contribution in [0.3, 0.4) is 0 Å². The lowest BCUT2D eigenvalue weighted by Gasteiger charge is -2.14. The Morgan fingerprint density at radius 3 is 2.82 bits per heavy atom. The van der Waals surface area contributed by atoms with Gasteiger partial charge in [-0.3, -0.25) is 0 Å². The first-order valence-corrected chi connectivity index (χ1v) is 8.40. The van der Waals surface area contributed by atoms with Gasteiger partial charge in [0.2, 0.25) is 0 Å². The Hall–Kier alpha value is -1.76. The lowest BCUT2D eigenvalue weighted by Crippen LogP contribution is -3.07. The third-order valence-electron chi connectivity index (χ3n) is 3.51. The van der Waals surface area contributed by atoms with Crippen molar-refractivity contribution in [2.24, 2.45) is 0 Å². The number of nitrogens with zero attached hydrogens (tertiary/aromatic N) is 2. The molecule has 0 amide bonds. The second kappa shape index (κ2) is 6.56. The molecule has 0 fully saturated rings. The topological polar surface area (TPSA) is 35.4 Å². The minimum absolute atomic E-state index is 0.424. The maximum Gasteiger partial charge on any atom is 0.292 e. The minimum Gasteiger partial charge on any atom is -0.408 e. The number of hydrogen-bond acceptors (Lipinski definition) is 4. The molecule has 4 nitrogen and oxygen atoms in total. The Bertz CT molecular complexity index is 805. The lowest BCUT2D eigenvalue weighted by molar-refractivity contribution is -0.917. The number of quaternary nitrogens is 1. The van der Waals surface area contributed by atoms with Crippen molar-refractivity contribution in [2.75, 3.05) is 7.05 Å². The summed E-state index contributed by atoms with van der Waals surface area (Å²) in [7, 11) is 2.13. The molecule has 0 saturated carbocycles. The van der Waals surface area contributed by atoms with Gasteiger partial charge in [-0.1, -0.05) is 30.3 Å². The van der Waals surface area contributed by atoms with E-state index in [0.29, 0.717) is 17.4 Å². The van der Waals surface area contributed by atoms with E-state index in [1.54, 1.807) is 16.0 Å². The molecule has 0 radical (unpaired) electrons. The van der Waals surface area contributed by atoms with Gasteiger partial charge in [-0.05, 0) is 36.2 Å². The monoisotopic (exact) mass is 332 g/mol. The van der Waals surface area contributed by atoms with Gasteiger partial charge in [-0.2, -0.15) is 4.68 Å². The number of rotatable bonds is 5. The van der Waals surface area contributed by atoms with Gasteiger partial charge in [-0.25, -0.2) is 0 Å². The molecule has 0 bridgehead atoms. The number of benzene rings is 1. The third-order valence-corrected chi connectivity index (χ3v) is 4.66. The van der Waals surface area contributed by atoms with Crippen LogP contribution in [0.1, 0.15) is 11.1 Å². The zero-order valence-corrected chi connectivity index (χ0v) is 14.2. The van der Waals surface area contributed by atoms with Gasteiger partial charge in [0.1, 0.15) is 6.54 Å². The van der Waals surface area contributed by atoms with Crippen LogP contribution in [0.25, 0.3) is 10.8 Å². The minimum atomic E-state index is 0.424. The summed E-state index contributed by atoms with van der Waals surface area (Å²) in [5.41, 5.74) is 2.65. The Balaban J connectivity index is 1.73. The highest BCUT2D eigenvalue weighted by atomic mass is 32.1. The summed E-state index contributed by atoms with van der Waals surface area (Å²) in [6.07, 6.45) is 0. The lowest BCUT2D eigenvalue weighted by atomic mass is 10.1. The van der Waals surface area contributed by atoms with Crippen molar-refractivity contribution < 1.29 is 9.32 Å². The quantitative estimate of drug-likeness (QED) is 0.730. The molecule has 22 heavy (non-hydrogen) atoms. The maximum atomic E-state index is 5.60. The van der Waals surface area contributed by atoms with Crippen LogP contribution in [0.2, 0.25) is 0 Å². The van der Waals surface area contributed by atoms with E-state index in [2.05, 4.69) is 43.3 Å². The van der Waals surface area contributed by atoms with Crippen molar-refractivity contribution in [2.45, 2.75) is 20.1 Å². The molecular weight excluding hydrogens is 314 g/mol. The molecule has 1 N–H and O–H groups in total. The van der Waals surface area contributed by atoms with Crippen LogP contribution in [-0.2, 0) is 13.2 Å². The van der Waals surface area contributed by atoms with Crippen LogP contribution < -0.4 is 4.90 Å². The van der Waals surface area contributed by atoms with Crippen LogP contribution in [0.15, 0.2) is 46.2 Å². The van der Waals surface area contributed by atoms with Gasteiger partial charge in [0.25, 0.3) is 10.7 Å². The first-order valence-electron chi connectivity index (χ1n) is 7.11. The van der Waals surface area contributed by atoms with Gasteiger partial charge in [0.15, 0.2) is 6.67 Å². The first-order chi connectivity index (χ1) is 10.6. The van der Waals surface area contributed by atoms with E-state index in [4.69, 9.17) is 16.6 Å². The molecule has 3 rings (SSSR count). The molecule has 6 heteroatoms. The zero-order valence-electron chi connectivity index (χ0n) is 12.6. The first kappa shape index (κ1) is 15.1. The Labute approximate surface area is 138 Å². The fourth-order valence-corrected chi connectivity index (χ4v) is 3.18. The number of hydrogen-bond donors (Lipinski definition) is 1. The molecule has 1 aromatic carbocycles. The highest BCUT2D eigenvalue weighted by Crippen LogP contribution is 2.22. The summed E-state index contributed by atoms with van der Waals surface area (Å²) in [6.45, 7) is 3.75. The zero-order chi connectivity index (χ0) is 15.5. The Morgan fingerprint density at radius 1 is 1.27 bits per heavy atom. The number of nitrogens with one attached hydrogen (secondary N) is 1. The van der Waals surface area contributed by atoms with Crippen molar-refractivity contribution in [1.82, 2.24) is 9.78 Å². The standard InChI is InChI=1S/C16H17N3OS2/c1-12-6-3-4-7-13(12)10-18(2)11-19-16(21)20-15(17-19)14-8-5-9-22-14/h3-9H,10-11H2,1-2H3/p+1. The van der Waals surface area contributed by atoms with E-state index in [0.717, 1.165) is 11.4 Å². The molecule has 3 aromatic rings. The summed E-state index contributed by atoms with van der Waals surface area (Å²) in [6, 6.07) is 12.4. The predicted octanol–water partition coefficient (Wildman–Crippen LogP) is 2.91. The van der Waals surface area contributed by atoms with E-state index >= 15 is 0 Å². The van der Waals surface area contributed by atoms with Gasteiger partial charge < -0.3 is 9.32 Å². The summed E-state index contributed by atoms with van der Waals surface area (Å²) in [4.78, 5) is 2.73. The number of aromatic nitrogens is 2. The molecule has 0 saturated heterocycles. The second-order valence-electron chi connectivity index (χ2n) is 5.37. The van der Waals surface area contributed by atoms with Crippen LogP contribution in [0.5, 0.6) is 0 Å². The number of aryl methyl sites for hydroxylation is 1. The highest BCUT2D eigenvalue weighted by Gasteiger charge is 2.13. The van der Waals surface area contributed by atoms with Gasteiger partial charge >= 0.3 is 0 Å². The molecule has 0 aliphatic rings. The Morgan fingerprint density at radius 2 is 2.09 bits per heavy atom. The fourth-order valence-electron chi connectivity index (χ4n) is 2.35. The SMILES string of the molecule is Cc1ccccc1C[NH+](C)Cn1nc(-c2cccs2)oc1=S. The Kier molecular flexibility index (Phi) is 4.52. The summed E-state index contributed by atoms with van der Waals surface area (Å²) < 4.78 is 7.36. The van der Waals surface area contributed by atoms with Crippen LogP contribution >= 0.6 is 23.6 Å². The van der Waals surface area contributed by atoms with Crippen molar-refractivity contribution >= 4 is 23.6 Å². The summed E-state index contributed by atoms with van der Waals surface area (Å²) in [5.74, 6) is 0.601. The van der Waals surface area contributed by atoms with Crippen molar-refractivity contribution in [1.29, 1.82) is 0 Å². The normalized spacial score (nSPS) is 12.5. The molecule has 1 unspecified atom stereocenters. The predicted molar refractivity (Wildman–Crippen MR) is 90.4 cm³/mol. The molecule has 114 valence electrons. The average Bonchev–Trinajstić information content (AvgIpc) is 3.12. The smallest absolute Gasteiger partial charge is 0.292 e. The molecule has 2 heterocycles. The van der Waals surface area contributed by atoms with Crippen LogP contribution in [-0.4, -0.2) is 16.8 Å². The van der Waals surface area contributed by atoms with Gasteiger partial charge in [0.05, 0.1) is 11.9 Å². The van der Waals surface area contributed by atoms with Crippen molar-refractivity contribution in [3.05, 3.63) is 57.7 Å². The molecule has 1 atom stereocenters. The molecule has 0 spiro atoms. The van der Waals surface area contributed by atoms with E-state index in [-0.39, 0.29) is 0 Å². The summed E-state index contributed by atoms with van der Waals surface area (Å²) >= 11 is 6.88. The van der Waals surface area contributed by atoms with E-state index in [1.807, 2.05) is 17.5 Å². The average molecular weight is 332 g/mol. The van der Waals surface area contributed by atoms with E-state index < -0.39 is 0 Å². The maximum absolute atomic E-state index is 5.60. The third kappa shape index (κ3) is 3.35. The van der Waals surface area contributed by atoms with Crippen LogP contribution in [0.4, 0.5) is 0 Å². The van der Waals surface area contributed by atoms with Gasteiger partial charge in [0, 0.05) is 5.56 Å².